The first-order chi connectivity index (χ1) is 9.83. The van der Waals surface area contributed by atoms with Crippen LogP contribution in [0.25, 0.3) is 11.1 Å². The summed E-state index contributed by atoms with van der Waals surface area (Å²) in [6.45, 7) is 3.39. The highest BCUT2D eigenvalue weighted by Gasteiger charge is 2.15. The predicted octanol–water partition coefficient (Wildman–Crippen LogP) is 3.45. The van der Waals surface area contributed by atoms with Crippen molar-refractivity contribution >= 4 is 0 Å². The molecule has 2 N–H and O–H groups in total. The lowest BCUT2D eigenvalue weighted by atomic mass is 10.0. The summed E-state index contributed by atoms with van der Waals surface area (Å²) in [5.41, 5.74) is 10.1. The van der Waals surface area contributed by atoms with E-state index >= 15 is 0 Å². The van der Waals surface area contributed by atoms with Crippen LogP contribution < -0.4 is 5.73 Å². The van der Waals surface area contributed by atoms with Gasteiger partial charge in [-0.3, -0.25) is 0 Å². The number of hydrogen-bond donors (Lipinski definition) is 1. The van der Waals surface area contributed by atoms with E-state index in [-0.39, 0.29) is 6.04 Å². The van der Waals surface area contributed by atoms with Gasteiger partial charge in [0.25, 0.3) is 0 Å². The summed E-state index contributed by atoms with van der Waals surface area (Å²) in [5.74, 6) is 0. The fourth-order valence-corrected chi connectivity index (χ4v) is 2.90. The van der Waals surface area contributed by atoms with Gasteiger partial charge in [0.15, 0.2) is 0 Å². The minimum Gasteiger partial charge on any atom is -0.323 e. The lowest BCUT2D eigenvalue weighted by Crippen LogP contribution is -2.29. The molecule has 2 aromatic carbocycles. The second-order valence-electron chi connectivity index (χ2n) is 5.60. The standard InChI is InChI=1S/C18H22N2/c19-18(14-20-12-4-5-13-20)17-10-8-16(9-11-17)15-6-2-1-3-7-15/h1-3,6-11,18H,4-5,12-14,19H2. The summed E-state index contributed by atoms with van der Waals surface area (Å²) >= 11 is 0. The smallest absolute Gasteiger partial charge is 0.0424 e. The number of nitrogens with zero attached hydrogens (tertiary/aromatic N) is 1. The van der Waals surface area contributed by atoms with E-state index in [1.807, 2.05) is 6.07 Å². The highest BCUT2D eigenvalue weighted by Crippen LogP contribution is 2.22. The maximum Gasteiger partial charge on any atom is 0.0424 e. The van der Waals surface area contributed by atoms with Gasteiger partial charge in [0.2, 0.25) is 0 Å². The van der Waals surface area contributed by atoms with Crippen molar-refractivity contribution in [3.8, 4) is 11.1 Å². The van der Waals surface area contributed by atoms with Gasteiger partial charge >= 0.3 is 0 Å². The third-order valence-electron chi connectivity index (χ3n) is 4.10. The molecule has 2 aromatic rings. The van der Waals surface area contributed by atoms with Crippen molar-refractivity contribution in [2.45, 2.75) is 18.9 Å². The molecule has 1 saturated heterocycles. The number of nitrogens with two attached hydrogens (primary N) is 1. The second kappa shape index (κ2) is 6.21. The maximum atomic E-state index is 6.32. The quantitative estimate of drug-likeness (QED) is 0.918. The molecule has 20 heavy (non-hydrogen) atoms. The van der Waals surface area contributed by atoms with Gasteiger partial charge in [0.05, 0.1) is 0 Å². The molecular weight excluding hydrogens is 244 g/mol. The van der Waals surface area contributed by atoms with Crippen LogP contribution in [0, 0.1) is 0 Å². The molecule has 0 bridgehead atoms. The van der Waals surface area contributed by atoms with Crippen molar-refractivity contribution in [1.82, 2.24) is 4.90 Å². The van der Waals surface area contributed by atoms with Gasteiger partial charge in [-0.2, -0.15) is 0 Å². The van der Waals surface area contributed by atoms with Gasteiger partial charge in [0.1, 0.15) is 0 Å². The fourth-order valence-electron chi connectivity index (χ4n) is 2.90. The molecule has 1 atom stereocenters. The van der Waals surface area contributed by atoms with Crippen LogP contribution >= 0.6 is 0 Å². The molecule has 0 saturated carbocycles. The Hall–Kier alpha value is -1.64. The monoisotopic (exact) mass is 266 g/mol. The van der Waals surface area contributed by atoms with Gasteiger partial charge in [-0.15, -0.1) is 0 Å². The zero-order chi connectivity index (χ0) is 13.8. The number of hydrogen-bond acceptors (Lipinski definition) is 2. The highest BCUT2D eigenvalue weighted by molar-refractivity contribution is 5.63. The van der Waals surface area contributed by atoms with Crippen LogP contribution in [-0.2, 0) is 0 Å². The van der Waals surface area contributed by atoms with E-state index in [4.69, 9.17) is 5.73 Å². The number of rotatable bonds is 4. The van der Waals surface area contributed by atoms with Crippen LogP contribution in [0.1, 0.15) is 24.4 Å². The second-order valence-corrected chi connectivity index (χ2v) is 5.60. The van der Waals surface area contributed by atoms with Crippen molar-refractivity contribution in [2.75, 3.05) is 19.6 Å². The van der Waals surface area contributed by atoms with Crippen molar-refractivity contribution < 1.29 is 0 Å². The molecule has 1 aliphatic heterocycles. The third-order valence-corrected chi connectivity index (χ3v) is 4.10. The highest BCUT2D eigenvalue weighted by atomic mass is 15.1. The number of benzene rings is 2. The third kappa shape index (κ3) is 3.09. The van der Waals surface area contributed by atoms with E-state index in [0.717, 1.165) is 6.54 Å². The minimum absolute atomic E-state index is 0.123. The van der Waals surface area contributed by atoms with Crippen LogP contribution in [0.3, 0.4) is 0 Å². The van der Waals surface area contributed by atoms with Crippen LogP contribution in [0.15, 0.2) is 54.6 Å². The summed E-state index contributed by atoms with van der Waals surface area (Å²) in [7, 11) is 0. The Labute approximate surface area is 121 Å². The summed E-state index contributed by atoms with van der Waals surface area (Å²) in [5, 5.41) is 0. The van der Waals surface area contributed by atoms with Gasteiger partial charge in [0, 0.05) is 12.6 Å². The molecule has 2 heteroatoms. The van der Waals surface area contributed by atoms with Gasteiger partial charge in [-0.25, -0.2) is 0 Å². The average Bonchev–Trinajstić information content (AvgIpc) is 3.01. The molecule has 1 aliphatic rings. The van der Waals surface area contributed by atoms with Crippen molar-refractivity contribution in [2.24, 2.45) is 5.73 Å². The lowest BCUT2D eigenvalue weighted by molar-refractivity contribution is 0.316. The molecule has 104 valence electrons. The van der Waals surface area contributed by atoms with E-state index in [1.165, 1.54) is 42.6 Å². The maximum absolute atomic E-state index is 6.32. The average molecular weight is 266 g/mol. The Balaban J connectivity index is 1.69. The topological polar surface area (TPSA) is 29.3 Å². The molecule has 1 unspecified atom stereocenters. The summed E-state index contributed by atoms with van der Waals surface area (Å²) in [4.78, 5) is 2.47. The Morgan fingerprint density at radius 2 is 1.45 bits per heavy atom. The van der Waals surface area contributed by atoms with Crippen molar-refractivity contribution in [1.29, 1.82) is 0 Å². The van der Waals surface area contributed by atoms with Crippen LogP contribution in [0.5, 0.6) is 0 Å². The number of likely N-dealkylation sites (tertiary alicyclic amines) is 1. The zero-order valence-corrected chi connectivity index (χ0v) is 11.8. The Kier molecular flexibility index (Phi) is 4.14. The van der Waals surface area contributed by atoms with E-state index in [9.17, 15) is 0 Å². The van der Waals surface area contributed by atoms with E-state index in [2.05, 4.69) is 53.4 Å². The molecule has 2 nitrogen and oxygen atoms in total. The van der Waals surface area contributed by atoms with Gasteiger partial charge in [-0.1, -0.05) is 54.6 Å². The lowest BCUT2D eigenvalue weighted by Gasteiger charge is -2.20. The van der Waals surface area contributed by atoms with Crippen molar-refractivity contribution in [3.05, 3.63) is 60.2 Å². The molecule has 1 fully saturated rings. The van der Waals surface area contributed by atoms with Crippen LogP contribution in [0.2, 0.25) is 0 Å². The first-order valence-electron chi connectivity index (χ1n) is 7.46. The first kappa shape index (κ1) is 13.3. The SMILES string of the molecule is NC(CN1CCCC1)c1ccc(-c2ccccc2)cc1. The molecule has 0 aliphatic carbocycles. The van der Waals surface area contributed by atoms with Crippen LogP contribution in [0.4, 0.5) is 0 Å². The molecule has 0 radical (unpaired) electrons. The largest absolute Gasteiger partial charge is 0.323 e. The summed E-state index contributed by atoms with van der Waals surface area (Å²) < 4.78 is 0. The Bertz CT molecular complexity index is 527. The van der Waals surface area contributed by atoms with Crippen LogP contribution in [-0.4, -0.2) is 24.5 Å². The summed E-state index contributed by atoms with van der Waals surface area (Å²) in [6.07, 6.45) is 2.64. The molecule has 1 heterocycles. The fraction of sp³-hybridized carbons (Fsp3) is 0.333. The first-order valence-corrected chi connectivity index (χ1v) is 7.46. The normalized spacial score (nSPS) is 17.2. The Morgan fingerprint density at radius 3 is 2.10 bits per heavy atom. The van der Waals surface area contributed by atoms with Gasteiger partial charge in [-0.05, 0) is 42.6 Å². The van der Waals surface area contributed by atoms with E-state index in [0.29, 0.717) is 0 Å². The van der Waals surface area contributed by atoms with E-state index in [1.54, 1.807) is 0 Å². The predicted molar refractivity (Wildman–Crippen MR) is 84.5 cm³/mol. The van der Waals surface area contributed by atoms with Crippen molar-refractivity contribution in [3.63, 3.8) is 0 Å². The minimum atomic E-state index is 0.123. The zero-order valence-electron chi connectivity index (χ0n) is 11.8. The van der Waals surface area contributed by atoms with Gasteiger partial charge < -0.3 is 10.6 Å². The molecular formula is C18H22N2. The van der Waals surface area contributed by atoms with E-state index < -0.39 is 0 Å². The summed E-state index contributed by atoms with van der Waals surface area (Å²) in [6, 6.07) is 19.3. The molecule has 0 spiro atoms. The molecule has 0 amide bonds. The Morgan fingerprint density at radius 1 is 0.850 bits per heavy atom. The molecule has 3 rings (SSSR count). The molecule has 0 aromatic heterocycles.